The zero-order valence-electron chi connectivity index (χ0n) is 17.0. The van der Waals surface area contributed by atoms with Crippen LogP contribution in [-0.4, -0.2) is 25.1 Å². The Labute approximate surface area is 156 Å². The highest BCUT2D eigenvalue weighted by Crippen LogP contribution is 2.63. The molecule has 0 spiro atoms. The highest BCUT2D eigenvalue weighted by Gasteiger charge is 2.63. The third kappa shape index (κ3) is 3.61. The van der Waals surface area contributed by atoms with Gasteiger partial charge < -0.3 is 9.53 Å². The molecule has 0 bridgehead atoms. The van der Waals surface area contributed by atoms with Crippen molar-refractivity contribution >= 4 is 8.32 Å². The first-order valence-electron chi connectivity index (χ1n) is 9.80. The molecule has 0 aromatic rings. The number of allylic oxidation sites excluding steroid dienone is 1. The summed E-state index contributed by atoms with van der Waals surface area (Å²) in [5.41, 5.74) is 0.842. The molecule has 2 fully saturated rings. The summed E-state index contributed by atoms with van der Waals surface area (Å²) in [5, 5.41) is 10.8. The monoisotopic (exact) mass is 362 g/mol. The van der Waals surface area contributed by atoms with Crippen molar-refractivity contribution < 1.29 is 9.53 Å². The average Bonchev–Trinajstić information content (AvgIpc) is 2.49. The Morgan fingerprint density at radius 2 is 1.96 bits per heavy atom. The lowest BCUT2D eigenvalue weighted by Crippen LogP contribution is -2.66. The van der Waals surface area contributed by atoms with Crippen LogP contribution in [-0.2, 0) is 4.43 Å². The molecule has 25 heavy (non-hydrogen) atoms. The van der Waals surface area contributed by atoms with E-state index in [0.29, 0.717) is 11.8 Å². The van der Waals surface area contributed by atoms with Crippen LogP contribution in [0, 0.1) is 23.2 Å². The summed E-state index contributed by atoms with van der Waals surface area (Å²) in [6, 6.07) is 0. The molecule has 1 N–H and O–H groups in total. The lowest BCUT2D eigenvalue weighted by molar-refractivity contribution is -0.179. The lowest BCUT2D eigenvalue weighted by Gasteiger charge is -2.65. The van der Waals surface area contributed by atoms with Gasteiger partial charge in [-0.25, -0.2) is 0 Å². The first-order valence-corrected chi connectivity index (χ1v) is 13.2. The fraction of sp³-hybridized carbons (Fsp3) is 0.727. The number of fused-ring (bicyclic) bond motifs is 1. The predicted octanol–water partition coefficient (Wildman–Crippen LogP) is 5.72. The van der Waals surface area contributed by atoms with Crippen molar-refractivity contribution in [1.82, 2.24) is 0 Å². The van der Waals surface area contributed by atoms with Crippen LogP contribution in [0.1, 0.15) is 46.0 Å². The minimum atomic E-state index is -1.80. The predicted molar refractivity (Wildman–Crippen MR) is 110 cm³/mol. The molecule has 0 unspecified atom stereocenters. The molecule has 0 heterocycles. The van der Waals surface area contributed by atoms with E-state index in [1.165, 1.54) is 12.0 Å². The quantitative estimate of drug-likeness (QED) is 0.484. The Bertz CT molecular complexity index is 535. The molecule has 0 amide bonds. The summed E-state index contributed by atoms with van der Waals surface area (Å²) in [6.45, 7) is 23.9. The van der Waals surface area contributed by atoms with Crippen LogP contribution in [0.5, 0.6) is 0 Å². The summed E-state index contributed by atoms with van der Waals surface area (Å²) in [7, 11) is -1.80. The molecule has 2 saturated carbocycles. The maximum absolute atomic E-state index is 10.8. The number of aliphatic hydroxyl groups is 1. The van der Waals surface area contributed by atoms with Crippen LogP contribution < -0.4 is 0 Å². The Kier molecular flexibility index (Phi) is 5.93. The molecule has 0 aromatic heterocycles. The van der Waals surface area contributed by atoms with Gasteiger partial charge in [-0.15, -0.1) is 13.2 Å². The second-order valence-corrected chi connectivity index (χ2v) is 14.1. The Balaban J connectivity index is 2.66. The van der Waals surface area contributed by atoms with Crippen molar-refractivity contribution in [3.05, 3.63) is 37.5 Å². The molecular weight excluding hydrogens is 324 g/mol. The summed E-state index contributed by atoms with van der Waals surface area (Å²) < 4.78 is 7.09. The molecule has 0 radical (unpaired) electrons. The normalized spacial score (nSPS) is 40.2. The molecule has 2 rings (SSSR count). The first-order chi connectivity index (χ1) is 11.5. The van der Waals surface area contributed by atoms with Gasteiger partial charge in [0.15, 0.2) is 8.32 Å². The number of rotatable bonds is 6. The Morgan fingerprint density at radius 1 is 1.32 bits per heavy atom. The van der Waals surface area contributed by atoms with E-state index in [1.807, 2.05) is 6.08 Å². The van der Waals surface area contributed by atoms with Gasteiger partial charge in [-0.2, -0.15) is 0 Å². The molecule has 2 aliphatic carbocycles. The van der Waals surface area contributed by atoms with E-state index in [2.05, 4.69) is 53.2 Å². The Morgan fingerprint density at radius 3 is 2.48 bits per heavy atom. The van der Waals surface area contributed by atoms with E-state index in [1.54, 1.807) is 6.08 Å². The van der Waals surface area contributed by atoms with Gasteiger partial charge >= 0.3 is 0 Å². The fourth-order valence-corrected chi connectivity index (χ4v) is 7.19. The summed E-state index contributed by atoms with van der Waals surface area (Å²) in [6.07, 6.45) is 8.30. The highest BCUT2D eigenvalue weighted by molar-refractivity contribution is 6.69. The van der Waals surface area contributed by atoms with E-state index in [9.17, 15) is 5.11 Å². The molecule has 0 aliphatic heterocycles. The molecule has 2 nitrogen and oxygen atoms in total. The number of aliphatic hydroxyl groups excluding tert-OH is 1. The molecule has 3 heteroatoms. The van der Waals surface area contributed by atoms with Crippen molar-refractivity contribution in [2.75, 3.05) is 0 Å². The van der Waals surface area contributed by atoms with E-state index in [0.717, 1.165) is 25.7 Å². The standard InChI is InChI=1S/C22H38O2Si/c1-9-13-21(5)19(20(23)10-2)14-17(4)18-12-11-16(3)15-22(18,21)24-25(6,7)8/h9-10,16,18-20,23H,1-2,4,11-15H2,3,5-8H3/t16-,18+,19-,20+,21-,22+/m1/s1. The fourth-order valence-electron chi connectivity index (χ4n) is 5.64. The van der Waals surface area contributed by atoms with Gasteiger partial charge in [-0.1, -0.05) is 38.2 Å². The Hall–Kier alpha value is -0.643. The second kappa shape index (κ2) is 7.17. The summed E-state index contributed by atoms with van der Waals surface area (Å²) >= 11 is 0. The third-order valence-electron chi connectivity index (χ3n) is 6.63. The van der Waals surface area contributed by atoms with Gasteiger partial charge in [0.2, 0.25) is 0 Å². The minimum Gasteiger partial charge on any atom is -0.411 e. The van der Waals surface area contributed by atoms with E-state index >= 15 is 0 Å². The van der Waals surface area contributed by atoms with E-state index < -0.39 is 14.4 Å². The maximum Gasteiger partial charge on any atom is 0.184 e. The second-order valence-electron chi connectivity index (χ2n) is 9.65. The molecule has 6 atom stereocenters. The van der Waals surface area contributed by atoms with Gasteiger partial charge in [0.05, 0.1) is 11.7 Å². The van der Waals surface area contributed by atoms with E-state index in [4.69, 9.17) is 4.43 Å². The number of hydrogen-bond donors (Lipinski definition) is 1. The number of hydrogen-bond acceptors (Lipinski definition) is 2. The van der Waals surface area contributed by atoms with Crippen LogP contribution >= 0.6 is 0 Å². The zero-order chi connectivity index (χ0) is 19.0. The van der Waals surface area contributed by atoms with Gasteiger partial charge in [0.1, 0.15) is 0 Å². The van der Waals surface area contributed by atoms with Crippen molar-refractivity contribution in [3.63, 3.8) is 0 Å². The third-order valence-corrected chi connectivity index (χ3v) is 7.61. The molecule has 0 saturated heterocycles. The van der Waals surface area contributed by atoms with Gasteiger partial charge in [0, 0.05) is 17.3 Å². The highest BCUT2D eigenvalue weighted by atomic mass is 28.4. The van der Waals surface area contributed by atoms with Gasteiger partial charge in [-0.05, 0) is 57.7 Å². The summed E-state index contributed by atoms with van der Waals surface area (Å²) in [4.78, 5) is 0. The van der Waals surface area contributed by atoms with E-state index in [-0.39, 0.29) is 16.9 Å². The van der Waals surface area contributed by atoms with Crippen molar-refractivity contribution in [1.29, 1.82) is 0 Å². The molecule has 142 valence electrons. The van der Waals surface area contributed by atoms with Crippen LogP contribution in [0.2, 0.25) is 19.6 Å². The largest absolute Gasteiger partial charge is 0.411 e. The molecular formula is C22H38O2Si. The van der Waals surface area contributed by atoms with Crippen molar-refractivity contribution in [2.45, 2.75) is 77.3 Å². The van der Waals surface area contributed by atoms with Crippen LogP contribution in [0.4, 0.5) is 0 Å². The average molecular weight is 363 g/mol. The zero-order valence-corrected chi connectivity index (χ0v) is 18.0. The maximum atomic E-state index is 10.8. The minimum absolute atomic E-state index is 0.0772. The molecule has 2 aliphatic rings. The smallest absolute Gasteiger partial charge is 0.184 e. The van der Waals surface area contributed by atoms with Crippen LogP contribution in [0.25, 0.3) is 0 Å². The topological polar surface area (TPSA) is 29.5 Å². The molecule has 0 aromatic carbocycles. The first kappa shape index (κ1) is 20.7. The SMILES string of the molecule is C=CC[C@]1(C)[C@@H]([C@@H](O)C=C)CC(=C)[C@@H]2CC[C@@H](C)C[C@]21O[Si](C)(C)C. The lowest BCUT2D eigenvalue weighted by atomic mass is 9.47. The summed E-state index contributed by atoms with van der Waals surface area (Å²) in [5.74, 6) is 1.09. The van der Waals surface area contributed by atoms with Gasteiger partial charge in [0.25, 0.3) is 0 Å². The van der Waals surface area contributed by atoms with Gasteiger partial charge in [-0.3, -0.25) is 0 Å². The van der Waals surface area contributed by atoms with Crippen LogP contribution in [0.15, 0.2) is 37.5 Å². The van der Waals surface area contributed by atoms with Crippen molar-refractivity contribution in [2.24, 2.45) is 23.2 Å². The van der Waals surface area contributed by atoms with Crippen molar-refractivity contribution in [3.8, 4) is 0 Å². The van der Waals surface area contributed by atoms with Crippen LogP contribution in [0.3, 0.4) is 0 Å².